The van der Waals surface area contributed by atoms with Crippen LogP contribution in [0.1, 0.15) is 26.7 Å². The predicted molar refractivity (Wildman–Crippen MR) is 74.9 cm³/mol. The van der Waals surface area contributed by atoms with Gasteiger partial charge in [-0.25, -0.2) is 9.59 Å². The summed E-state index contributed by atoms with van der Waals surface area (Å²) in [7, 11) is 0. The Kier molecular flexibility index (Phi) is 5.67. The summed E-state index contributed by atoms with van der Waals surface area (Å²) in [6.45, 7) is 5.36. The summed E-state index contributed by atoms with van der Waals surface area (Å²) in [5.41, 5.74) is 0. The predicted octanol–water partition coefficient (Wildman–Crippen LogP) is 1.27. The third-order valence-electron chi connectivity index (χ3n) is 4.05. The zero-order chi connectivity index (χ0) is 15.2. The first kappa shape index (κ1) is 15.9. The van der Waals surface area contributed by atoms with Gasteiger partial charge >= 0.3 is 12.2 Å². The zero-order valence-electron chi connectivity index (χ0n) is 12.6. The molecule has 0 spiro atoms. The van der Waals surface area contributed by atoms with Gasteiger partial charge in [0.15, 0.2) is 0 Å². The van der Waals surface area contributed by atoms with Gasteiger partial charge < -0.3 is 24.8 Å². The molecule has 2 fully saturated rings. The van der Waals surface area contributed by atoms with Crippen molar-refractivity contribution in [2.75, 3.05) is 26.3 Å². The van der Waals surface area contributed by atoms with Crippen molar-refractivity contribution in [2.24, 2.45) is 11.8 Å². The number of hydrogen-bond acceptors (Lipinski definition) is 5. The van der Waals surface area contributed by atoms with E-state index in [1.807, 2.05) is 13.8 Å². The molecule has 120 valence electrons. The Morgan fingerprint density at radius 2 is 1.38 bits per heavy atom. The van der Waals surface area contributed by atoms with Crippen LogP contribution in [0, 0.1) is 11.8 Å². The molecule has 4 unspecified atom stereocenters. The van der Waals surface area contributed by atoms with Crippen LogP contribution in [-0.4, -0.2) is 50.7 Å². The number of carbonyl (C=O) groups is 2. The first-order valence-electron chi connectivity index (χ1n) is 7.62. The third kappa shape index (κ3) is 4.00. The molecule has 2 aliphatic rings. The molecule has 2 N–H and O–H groups in total. The van der Waals surface area contributed by atoms with Crippen molar-refractivity contribution in [2.45, 2.75) is 38.9 Å². The number of fused-ring (bicyclic) bond motifs is 2. The van der Waals surface area contributed by atoms with Gasteiger partial charge in [0.25, 0.3) is 0 Å². The van der Waals surface area contributed by atoms with E-state index in [9.17, 15) is 9.59 Å². The fraction of sp³-hybridized carbons (Fsp3) is 0.857. The van der Waals surface area contributed by atoms with Gasteiger partial charge in [0, 0.05) is 24.9 Å². The highest BCUT2D eigenvalue weighted by Crippen LogP contribution is 2.43. The molecule has 7 heteroatoms. The average molecular weight is 300 g/mol. The number of nitrogens with one attached hydrogen (secondary N) is 2. The normalized spacial score (nSPS) is 30.0. The van der Waals surface area contributed by atoms with Crippen molar-refractivity contribution in [1.82, 2.24) is 10.6 Å². The second-order valence-corrected chi connectivity index (χ2v) is 5.38. The number of ether oxygens (including phenoxy) is 3. The molecule has 0 aromatic rings. The van der Waals surface area contributed by atoms with Crippen LogP contribution in [0.25, 0.3) is 0 Å². The van der Waals surface area contributed by atoms with Crippen molar-refractivity contribution in [1.29, 1.82) is 0 Å². The summed E-state index contributed by atoms with van der Waals surface area (Å²) in [5.74, 6) is 0.196. The summed E-state index contributed by atoms with van der Waals surface area (Å²) in [4.78, 5) is 22.8. The molecular formula is C14H24N2O5. The number of amides is 2. The van der Waals surface area contributed by atoms with Crippen LogP contribution in [0.2, 0.25) is 0 Å². The Morgan fingerprint density at radius 3 is 1.76 bits per heavy atom. The maximum atomic E-state index is 11.4. The lowest BCUT2D eigenvalue weighted by atomic mass is 9.80. The Hall–Kier alpha value is -1.50. The minimum atomic E-state index is -0.413. The number of hydrogen-bond donors (Lipinski definition) is 2. The van der Waals surface area contributed by atoms with Crippen LogP contribution >= 0.6 is 0 Å². The minimum absolute atomic E-state index is 0.0979. The van der Waals surface area contributed by atoms with Crippen LogP contribution in [0.4, 0.5) is 9.59 Å². The van der Waals surface area contributed by atoms with Crippen LogP contribution in [-0.2, 0) is 14.2 Å². The molecule has 0 aliphatic carbocycles. The molecule has 0 aromatic carbocycles. The van der Waals surface area contributed by atoms with E-state index in [0.717, 1.165) is 12.8 Å². The summed E-state index contributed by atoms with van der Waals surface area (Å²) < 4.78 is 16.3. The van der Waals surface area contributed by atoms with Crippen LogP contribution in [0.3, 0.4) is 0 Å². The van der Waals surface area contributed by atoms with E-state index in [-0.39, 0.29) is 24.0 Å². The van der Waals surface area contributed by atoms with E-state index in [1.165, 1.54) is 0 Å². The van der Waals surface area contributed by atoms with Crippen LogP contribution < -0.4 is 10.6 Å². The number of carbonyl (C=O) groups excluding carboxylic acids is 2. The molecule has 2 bridgehead atoms. The maximum Gasteiger partial charge on any atom is 0.407 e. The molecule has 0 radical (unpaired) electrons. The summed E-state index contributed by atoms with van der Waals surface area (Å²) >= 11 is 0. The molecule has 7 nitrogen and oxygen atoms in total. The molecule has 2 heterocycles. The van der Waals surface area contributed by atoms with E-state index in [2.05, 4.69) is 10.6 Å². The summed E-state index contributed by atoms with van der Waals surface area (Å²) in [6, 6.07) is 0. The van der Waals surface area contributed by atoms with E-state index < -0.39 is 12.2 Å². The summed E-state index contributed by atoms with van der Waals surface area (Å²) in [5, 5.41) is 5.20. The Balaban J connectivity index is 1.82. The zero-order valence-corrected chi connectivity index (χ0v) is 12.6. The molecule has 4 atom stereocenters. The smallest absolute Gasteiger partial charge is 0.407 e. The molecular weight excluding hydrogens is 276 g/mol. The van der Waals surface area contributed by atoms with Gasteiger partial charge in [-0.3, -0.25) is 0 Å². The molecule has 2 aliphatic heterocycles. The Labute approximate surface area is 124 Å². The van der Waals surface area contributed by atoms with Crippen LogP contribution in [0.15, 0.2) is 0 Å². The Bertz CT molecular complexity index is 342. The topological polar surface area (TPSA) is 85.9 Å². The van der Waals surface area contributed by atoms with Crippen molar-refractivity contribution in [3.8, 4) is 0 Å². The number of rotatable bonds is 6. The first-order chi connectivity index (χ1) is 10.2. The average Bonchev–Trinajstić information content (AvgIpc) is 3.04. The monoisotopic (exact) mass is 300 g/mol. The van der Waals surface area contributed by atoms with Gasteiger partial charge in [-0.2, -0.15) is 0 Å². The van der Waals surface area contributed by atoms with Crippen molar-refractivity contribution in [3.63, 3.8) is 0 Å². The van der Waals surface area contributed by atoms with Gasteiger partial charge in [0.1, 0.15) is 0 Å². The Morgan fingerprint density at radius 1 is 0.952 bits per heavy atom. The molecule has 2 amide bonds. The molecule has 0 aromatic heterocycles. The van der Waals surface area contributed by atoms with Gasteiger partial charge in [-0.05, 0) is 26.7 Å². The fourth-order valence-electron chi connectivity index (χ4n) is 3.07. The van der Waals surface area contributed by atoms with Gasteiger partial charge in [-0.15, -0.1) is 0 Å². The van der Waals surface area contributed by atoms with Gasteiger partial charge in [0.2, 0.25) is 0 Å². The van der Waals surface area contributed by atoms with Gasteiger partial charge in [0.05, 0.1) is 25.4 Å². The molecule has 0 saturated carbocycles. The van der Waals surface area contributed by atoms with E-state index in [1.54, 1.807) is 0 Å². The number of alkyl carbamates (subject to hydrolysis) is 2. The van der Waals surface area contributed by atoms with E-state index in [0.29, 0.717) is 26.3 Å². The third-order valence-corrected chi connectivity index (χ3v) is 4.05. The van der Waals surface area contributed by atoms with E-state index in [4.69, 9.17) is 14.2 Å². The second kappa shape index (κ2) is 7.49. The lowest BCUT2D eigenvalue weighted by Gasteiger charge is -2.27. The maximum absolute atomic E-state index is 11.4. The summed E-state index contributed by atoms with van der Waals surface area (Å²) in [6.07, 6.45) is 1.34. The van der Waals surface area contributed by atoms with E-state index >= 15 is 0 Å². The second-order valence-electron chi connectivity index (χ2n) is 5.38. The van der Waals surface area contributed by atoms with Gasteiger partial charge in [-0.1, -0.05) is 0 Å². The highest BCUT2D eigenvalue weighted by atomic mass is 16.6. The molecule has 2 saturated heterocycles. The van der Waals surface area contributed by atoms with Crippen LogP contribution in [0.5, 0.6) is 0 Å². The highest BCUT2D eigenvalue weighted by molar-refractivity contribution is 5.67. The largest absolute Gasteiger partial charge is 0.449 e. The highest BCUT2D eigenvalue weighted by Gasteiger charge is 2.49. The lowest BCUT2D eigenvalue weighted by Crippen LogP contribution is -2.37. The standard InChI is InChI=1S/C14H24N2O5/c1-3-15-13(17)19-7-9-10(8-20-14(18)16-4-2)12-6-5-11(9)21-12/h9-12H,3-8H2,1-2H3,(H,15,17)(H,16,18). The fourth-order valence-corrected chi connectivity index (χ4v) is 3.07. The van der Waals surface area contributed by atoms with Crippen molar-refractivity contribution in [3.05, 3.63) is 0 Å². The molecule has 21 heavy (non-hydrogen) atoms. The first-order valence-corrected chi connectivity index (χ1v) is 7.62. The molecule has 2 rings (SSSR count). The van der Waals surface area contributed by atoms with Crippen molar-refractivity contribution < 1.29 is 23.8 Å². The quantitative estimate of drug-likeness (QED) is 0.771. The lowest BCUT2D eigenvalue weighted by molar-refractivity contribution is 0.0682. The van der Waals surface area contributed by atoms with Crippen molar-refractivity contribution >= 4 is 12.2 Å². The minimum Gasteiger partial charge on any atom is -0.449 e. The SMILES string of the molecule is CCNC(=O)OCC1C2CCC(O2)C1COC(=O)NCC.